The van der Waals surface area contributed by atoms with E-state index >= 15 is 0 Å². The molecule has 0 bridgehead atoms. The van der Waals surface area contributed by atoms with Crippen LogP contribution in [0.25, 0.3) is 0 Å². The molecule has 2 aromatic rings. The first kappa shape index (κ1) is 24.7. The number of rotatable bonds is 12. The first-order valence-corrected chi connectivity index (χ1v) is 11.0. The number of H-pyrrole nitrogens is 1. The van der Waals surface area contributed by atoms with Gasteiger partial charge in [-0.15, -0.1) is 0 Å². The largest absolute Gasteiger partial charge is 0.468 e. The minimum atomic E-state index is -1.69. The molecule has 0 radical (unpaired) electrons. The Bertz CT molecular complexity index is 934. The van der Waals surface area contributed by atoms with Crippen molar-refractivity contribution in [2.75, 3.05) is 13.7 Å². The summed E-state index contributed by atoms with van der Waals surface area (Å²) >= 11 is 0. The quantitative estimate of drug-likeness (QED) is 0.371. The van der Waals surface area contributed by atoms with Crippen molar-refractivity contribution in [3.63, 3.8) is 0 Å². The van der Waals surface area contributed by atoms with Crippen LogP contribution in [0.3, 0.4) is 0 Å². The predicted molar refractivity (Wildman–Crippen MR) is 116 cm³/mol. The maximum absolute atomic E-state index is 12.0. The van der Waals surface area contributed by atoms with Crippen molar-refractivity contribution in [2.24, 2.45) is 0 Å². The molecule has 0 aliphatic carbocycles. The van der Waals surface area contributed by atoms with Gasteiger partial charge >= 0.3 is 20.2 Å². The highest BCUT2D eigenvalue weighted by atomic mass is 31.2. The lowest BCUT2D eigenvalue weighted by Gasteiger charge is -2.26. The Labute approximate surface area is 181 Å². The highest BCUT2D eigenvalue weighted by Gasteiger charge is 2.24. The second-order valence-corrected chi connectivity index (χ2v) is 7.83. The number of para-hydroxylation sites is 1. The third kappa shape index (κ3) is 7.91. The van der Waals surface area contributed by atoms with Crippen LogP contribution in [0.4, 0.5) is 0 Å². The summed E-state index contributed by atoms with van der Waals surface area (Å²) in [5, 5.41) is 2.99. The molecule has 1 aromatic heterocycles. The van der Waals surface area contributed by atoms with Crippen molar-refractivity contribution in [3.05, 3.63) is 63.4 Å². The Morgan fingerprint density at radius 3 is 2.52 bits per heavy atom. The van der Waals surface area contributed by atoms with Gasteiger partial charge in [-0.2, -0.15) is 0 Å². The molecule has 1 aromatic carbocycles. The number of nitrogens with zero attached hydrogens (tertiary/aromatic N) is 1. The Hall–Kier alpha value is -2.52. The number of aromatic amines is 1. The third-order valence-electron chi connectivity index (χ3n) is 4.25. The van der Waals surface area contributed by atoms with E-state index in [4.69, 9.17) is 18.5 Å². The molecule has 0 aliphatic heterocycles. The number of carbonyl (C=O) groups excluding carboxylic acids is 1. The molecule has 1 heterocycles. The molecule has 0 aliphatic rings. The molecule has 4 atom stereocenters. The van der Waals surface area contributed by atoms with Crippen LogP contribution in [0.2, 0.25) is 0 Å². The lowest BCUT2D eigenvalue weighted by molar-refractivity contribution is -0.142. The van der Waals surface area contributed by atoms with E-state index in [9.17, 15) is 14.4 Å². The molecule has 31 heavy (non-hydrogen) atoms. The van der Waals surface area contributed by atoms with E-state index in [1.165, 1.54) is 23.9 Å². The van der Waals surface area contributed by atoms with Crippen molar-refractivity contribution in [3.8, 4) is 5.75 Å². The summed E-state index contributed by atoms with van der Waals surface area (Å²) in [6.07, 6.45) is 0.989. The molecule has 0 saturated heterocycles. The summed E-state index contributed by atoms with van der Waals surface area (Å²) in [6, 6.07) is 9.69. The van der Waals surface area contributed by atoms with Crippen LogP contribution in [0.15, 0.2) is 52.2 Å². The van der Waals surface area contributed by atoms with Gasteiger partial charge in [-0.05, 0) is 32.4 Å². The van der Waals surface area contributed by atoms with E-state index in [-0.39, 0.29) is 12.7 Å². The Morgan fingerprint density at radius 2 is 1.90 bits per heavy atom. The highest BCUT2D eigenvalue weighted by Crippen LogP contribution is 2.36. The standard InChI is InChI=1S/C20H28N3O7P/c1-5-16(29-15(3)23-12-11-18(24)21-20(23)26)13-28-31(22-14(2)19(25)27-4)30-17-9-7-6-8-10-17/h6-12,14-16,22H,5,13H2,1-4H3,(H,21,24,26)/t14-,15?,16?,31?/m0/s1. The van der Waals surface area contributed by atoms with E-state index in [0.29, 0.717) is 12.2 Å². The highest BCUT2D eigenvalue weighted by molar-refractivity contribution is 7.45. The molecule has 170 valence electrons. The number of ether oxygens (including phenoxy) is 2. The molecular formula is C20H28N3O7P. The average Bonchev–Trinajstić information content (AvgIpc) is 2.76. The van der Waals surface area contributed by atoms with Crippen molar-refractivity contribution in [1.29, 1.82) is 0 Å². The fraction of sp³-hybridized carbons (Fsp3) is 0.450. The molecular weight excluding hydrogens is 425 g/mol. The fourth-order valence-corrected chi connectivity index (χ4v) is 3.73. The second-order valence-electron chi connectivity index (χ2n) is 6.61. The fourth-order valence-electron chi connectivity index (χ4n) is 2.52. The van der Waals surface area contributed by atoms with E-state index in [1.54, 1.807) is 26.0 Å². The zero-order chi connectivity index (χ0) is 22.8. The van der Waals surface area contributed by atoms with Gasteiger partial charge < -0.3 is 18.5 Å². The first-order valence-electron chi connectivity index (χ1n) is 9.81. The van der Waals surface area contributed by atoms with Crippen LogP contribution in [-0.4, -0.2) is 41.4 Å². The maximum Gasteiger partial charge on any atom is 0.330 e. The van der Waals surface area contributed by atoms with Crippen LogP contribution >= 0.6 is 8.53 Å². The van der Waals surface area contributed by atoms with Crippen molar-refractivity contribution >= 4 is 14.5 Å². The summed E-state index contributed by atoms with van der Waals surface area (Å²) < 4.78 is 23.7. The van der Waals surface area contributed by atoms with Crippen molar-refractivity contribution < 1.29 is 23.3 Å². The molecule has 0 spiro atoms. The van der Waals surface area contributed by atoms with Gasteiger partial charge in [-0.3, -0.25) is 19.1 Å². The molecule has 10 nitrogen and oxygen atoms in total. The van der Waals surface area contributed by atoms with Crippen molar-refractivity contribution in [2.45, 2.75) is 45.6 Å². The number of methoxy groups -OCH3 is 1. The molecule has 0 fully saturated rings. The van der Waals surface area contributed by atoms with Gasteiger partial charge in [0.05, 0.1) is 19.8 Å². The summed E-state index contributed by atoms with van der Waals surface area (Å²) in [4.78, 5) is 37.2. The number of esters is 1. The zero-order valence-corrected chi connectivity index (χ0v) is 18.8. The Kier molecular flexibility index (Phi) is 9.87. The van der Waals surface area contributed by atoms with E-state index in [2.05, 4.69) is 10.1 Å². The van der Waals surface area contributed by atoms with Gasteiger partial charge in [0.1, 0.15) is 18.0 Å². The number of benzene rings is 1. The van der Waals surface area contributed by atoms with E-state index in [0.717, 1.165) is 0 Å². The Morgan fingerprint density at radius 1 is 1.19 bits per heavy atom. The SMILES string of the molecule is CCC(COP(N[C@@H](C)C(=O)OC)Oc1ccccc1)OC(C)n1ccc(=O)[nH]c1=O. The van der Waals surface area contributed by atoms with Crippen LogP contribution in [0.1, 0.15) is 33.4 Å². The van der Waals surface area contributed by atoms with Gasteiger partial charge in [0.25, 0.3) is 5.56 Å². The van der Waals surface area contributed by atoms with Crippen LogP contribution in [-0.2, 0) is 18.8 Å². The predicted octanol–water partition coefficient (Wildman–Crippen LogP) is 2.32. The molecule has 11 heteroatoms. The van der Waals surface area contributed by atoms with Gasteiger partial charge in [-0.1, -0.05) is 25.1 Å². The molecule has 2 rings (SSSR count). The van der Waals surface area contributed by atoms with Crippen molar-refractivity contribution in [1.82, 2.24) is 14.6 Å². The number of hydrogen-bond acceptors (Lipinski definition) is 8. The van der Waals surface area contributed by atoms with Crippen LogP contribution in [0.5, 0.6) is 5.75 Å². The monoisotopic (exact) mass is 453 g/mol. The minimum Gasteiger partial charge on any atom is -0.468 e. The zero-order valence-electron chi connectivity index (χ0n) is 17.9. The van der Waals surface area contributed by atoms with Gasteiger partial charge in [0, 0.05) is 12.3 Å². The number of carbonyl (C=O) groups is 1. The normalized spacial score (nSPS) is 15.0. The molecule has 0 amide bonds. The summed E-state index contributed by atoms with van der Waals surface area (Å²) in [7, 11) is -0.381. The van der Waals surface area contributed by atoms with Gasteiger partial charge in [0.2, 0.25) is 0 Å². The van der Waals surface area contributed by atoms with Crippen LogP contribution < -0.4 is 20.9 Å². The Balaban J connectivity index is 2.03. The molecule has 0 saturated carbocycles. The second kappa shape index (κ2) is 12.4. The lowest BCUT2D eigenvalue weighted by atomic mass is 10.3. The van der Waals surface area contributed by atoms with E-state index in [1.807, 2.05) is 25.1 Å². The van der Waals surface area contributed by atoms with Crippen LogP contribution in [0, 0.1) is 0 Å². The topological polar surface area (TPSA) is 121 Å². The molecule has 2 N–H and O–H groups in total. The average molecular weight is 453 g/mol. The molecule has 3 unspecified atom stereocenters. The summed E-state index contributed by atoms with van der Waals surface area (Å²) in [5.74, 6) is 0.141. The number of hydrogen-bond donors (Lipinski definition) is 2. The first-order chi connectivity index (χ1) is 14.8. The third-order valence-corrected chi connectivity index (χ3v) is 5.61. The summed E-state index contributed by atoms with van der Waals surface area (Å²) in [5.41, 5.74) is -1.03. The smallest absolute Gasteiger partial charge is 0.330 e. The summed E-state index contributed by atoms with van der Waals surface area (Å²) in [6.45, 7) is 5.42. The minimum absolute atomic E-state index is 0.151. The van der Waals surface area contributed by atoms with Gasteiger partial charge in [-0.25, -0.2) is 9.88 Å². The van der Waals surface area contributed by atoms with E-state index < -0.39 is 38.0 Å². The number of aromatic nitrogens is 2. The van der Waals surface area contributed by atoms with Gasteiger partial charge in [0.15, 0.2) is 0 Å². The lowest BCUT2D eigenvalue weighted by Crippen LogP contribution is -2.35. The number of nitrogens with one attached hydrogen (secondary N) is 2. The maximum atomic E-state index is 12.0.